The molecule has 2 rings (SSSR count). The molecule has 7 heteroatoms. The van der Waals surface area contributed by atoms with Crippen molar-refractivity contribution >= 4 is 28.6 Å². The number of aryl methyl sites for hydroxylation is 2. The van der Waals surface area contributed by atoms with Gasteiger partial charge in [-0.15, -0.1) is 22.7 Å². The first-order chi connectivity index (χ1) is 10.8. The molecule has 2 N–H and O–H groups in total. The summed E-state index contributed by atoms with van der Waals surface area (Å²) in [6.07, 6.45) is 0. The van der Waals surface area contributed by atoms with Crippen LogP contribution in [0.5, 0.6) is 0 Å². The van der Waals surface area contributed by atoms with Crippen LogP contribution in [0.15, 0.2) is 10.4 Å². The Morgan fingerprint density at radius 1 is 1.17 bits per heavy atom. The highest BCUT2D eigenvalue weighted by molar-refractivity contribution is 7.11. The number of rotatable bonds is 4. The van der Waals surface area contributed by atoms with Gasteiger partial charge in [0.2, 0.25) is 0 Å². The molecule has 23 heavy (non-hydrogen) atoms. The number of nitrogens with one attached hydrogen (secondary N) is 2. The van der Waals surface area contributed by atoms with Crippen LogP contribution in [0.25, 0.3) is 0 Å². The third-order valence-corrected chi connectivity index (χ3v) is 5.66. The van der Waals surface area contributed by atoms with Gasteiger partial charge in [0.05, 0.1) is 34.5 Å². The monoisotopic (exact) mass is 351 g/mol. The van der Waals surface area contributed by atoms with Gasteiger partial charge in [0.15, 0.2) is 5.96 Å². The molecule has 0 atom stereocenters. The quantitative estimate of drug-likeness (QED) is 0.655. The van der Waals surface area contributed by atoms with E-state index in [2.05, 4.69) is 51.7 Å². The first-order valence-corrected chi connectivity index (χ1v) is 9.31. The zero-order valence-electron chi connectivity index (χ0n) is 14.6. The summed E-state index contributed by atoms with van der Waals surface area (Å²) in [5.74, 6) is 0.778. The second-order valence-electron chi connectivity index (χ2n) is 6.41. The normalized spacial score (nSPS) is 12.5. The number of aliphatic imine (C=N–C) groups is 1. The maximum Gasteiger partial charge on any atom is 0.191 e. The summed E-state index contributed by atoms with van der Waals surface area (Å²) in [6.45, 7) is 12.0. The van der Waals surface area contributed by atoms with E-state index < -0.39 is 0 Å². The molecule has 2 heterocycles. The minimum Gasteiger partial charge on any atom is -0.351 e. The maximum atomic E-state index is 4.69. The van der Waals surface area contributed by atoms with Crippen LogP contribution >= 0.6 is 22.7 Å². The van der Waals surface area contributed by atoms with Crippen LogP contribution in [-0.2, 0) is 18.5 Å². The number of aromatic nitrogens is 2. The van der Waals surface area contributed by atoms with E-state index in [1.165, 1.54) is 4.88 Å². The second kappa shape index (κ2) is 7.40. The van der Waals surface area contributed by atoms with Crippen LogP contribution in [0.2, 0.25) is 0 Å². The molecule has 5 nitrogen and oxygen atoms in total. The van der Waals surface area contributed by atoms with Crippen molar-refractivity contribution in [3.05, 3.63) is 31.7 Å². The highest BCUT2D eigenvalue weighted by atomic mass is 32.1. The molecule has 0 radical (unpaired) electrons. The smallest absolute Gasteiger partial charge is 0.191 e. The molecule has 0 amide bonds. The molecule has 0 aliphatic carbocycles. The van der Waals surface area contributed by atoms with Crippen molar-refractivity contribution in [3.8, 4) is 0 Å². The lowest BCUT2D eigenvalue weighted by atomic mass is 9.98. The Kier molecular flexibility index (Phi) is 5.75. The highest BCUT2D eigenvalue weighted by Crippen LogP contribution is 2.25. The van der Waals surface area contributed by atoms with Crippen LogP contribution in [0.4, 0.5) is 0 Å². The number of thiazole rings is 2. The Hall–Kier alpha value is -1.47. The van der Waals surface area contributed by atoms with Crippen molar-refractivity contribution in [2.75, 3.05) is 7.05 Å². The van der Waals surface area contributed by atoms with E-state index in [4.69, 9.17) is 0 Å². The zero-order valence-corrected chi connectivity index (χ0v) is 16.3. The van der Waals surface area contributed by atoms with Gasteiger partial charge >= 0.3 is 0 Å². The van der Waals surface area contributed by atoms with Crippen molar-refractivity contribution in [1.29, 1.82) is 0 Å². The van der Waals surface area contributed by atoms with Crippen molar-refractivity contribution < 1.29 is 0 Å². The predicted molar refractivity (Wildman–Crippen MR) is 99.4 cm³/mol. The first-order valence-electron chi connectivity index (χ1n) is 7.62. The van der Waals surface area contributed by atoms with Crippen LogP contribution in [0, 0.1) is 13.8 Å². The van der Waals surface area contributed by atoms with Crippen molar-refractivity contribution in [2.24, 2.45) is 4.99 Å². The number of guanidine groups is 1. The third-order valence-electron chi connectivity index (χ3n) is 3.27. The zero-order chi connectivity index (χ0) is 17.0. The molecule has 0 bridgehead atoms. The predicted octanol–water partition coefficient (Wildman–Crippen LogP) is 3.38. The topological polar surface area (TPSA) is 62.2 Å². The summed E-state index contributed by atoms with van der Waals surface area (Å²) >= 11 is 3.43. The molecule has 0 aliphatic rings. The molecule has 2 aromatic rings. The minimum atomic E-state index is 0.102. The SMILES string of the molecule is CN=C(NCc1csc(C(C)(C)C)n1)NCc1sc(C)nc1C. The molecule has 0 saturated carbocycles. The van der Waals surface area contributed by atoms with Crippen LogP contribution < -0.4 is 10.6 Å². The Balaban J connectivity index is 1.88. The number of hydrogen-bond acceptors (Lipinski definition) is 5. The van der Waals surface area contributed by atoms with E-state index in [1.54, 1.807) is 29.7 Å². The van der Waals surface area contributed by atoms with Crippen LogP contribution in [-0.4, -0.2) is 23.0 Å². The Morgan fingerprint density at radius 2 is 1.87 bits per heavy atom. The highest BCUT2D eigenvalue weighted by Gasteiger charge is 2.17. The molecule has 0 aromatic carbocycles. The number of hydrogen-bond donors (Lipinski definition) is 2. The lowest BCUT2D eigenvalue weighted by molar-refractivity contribution is 0.582. The van der Waals surface area contributed by atoms with Gasteiger partial charge in [0.25, 0.3) is 0 Å². The minimum absolute atomic E-state index is 0.102. The summed E-state index contributed by atoms with van der Waals surface area (Å²) in [5.41, 5.74) is 2.24. The van der Waals surface area contributed by atoms with E-state index in [1.807, 2.05) is 13.8 Å². The lowest BCUT2D eigenvalue weighted by Gasteiger charge is -2.14. The maximum absolute atomic E-state index is 4.69. The van der Waals surface area contributed by atoms with Gasteiger partial charge in [-0.05, 0) is 13.8 Å². The lowest BCUT2D eigenvalue weighted by Crippen LogP contribution is -2.36. The summed E-state index contributed by atoms with van der Waals surface area (Å²) in [4.78, 5) is 14.6. The third kappa shape index (κ3) is 5.00. The van der Waals surface area contributed by atoms with Gasteiger partial charge in [-0.3, -0.25) is 4.99 Å². The van der Waals surface area contributed by atoms with Gasteiger partial charge < -0.3 is 10.6 Å². The van der Waals surface area contributed by atoms with Gasteiger partial charge in [0.1, 0.15) is 0 Å². The van der Waals surface area contributed by atoms with Crippen LogP contribution in [0.1, 0.15) is 47.1 Å². The Morgan fingerprint density at radius 3 is 2.39 bits per heavy atom. The van der Waals surface area contributed by atoms with Crippen LogP contribution in [0.3, 0.4) is 0 Å². The van der Waals surface area contributed by atoms with Crippen molar-refractivity contribution in [1.82, 2.24) is 20.6 Å². The summed E-state index contributed by atoms with van der Waals surface area (Å²) in [7, 11) is 1.78. The van der Waals surface area contributed by atoms with E-state index >= 15 is 0 Å². The molecule has 0 saturated heterocycles. The molecular formula is C16H25N5S2. The van der Waals surface area contributed by atoms with Gasteiger partial charge in [-0.1, -0.05) is 20.8 Å². The molecule has 2 aromatic heterocycles. The molecule has 126 valence electrons. The van der Waals surface area contributed by atoms with E-state index in [-0.39, 0.29) is 5.41 Å². The largest absolute Gasteiger partial charge is 0.351 e. The molecule has 0 spiro atoms. The summed E-state index contributed by atoms with van der Waals surface area (Å²) in [6, 6.07) is 0. The standard InChI is InChI=1S/C16H25N5S2/c1-10-13(23-11(2)20-10)8-19-15(17-6)18-7-12-9-22-14(21-12)16(3,4)5/h9H,7-8H2,1-6H3,(H2,17,18,19). The Labute approximate surface area is 146 Å². The summed E-state index contributed by atoms with van der Waals surface area (Å²) < 4.78 is 0. The number of nitrogens with zero attached hydrogens (tertiary/aromatic N) is 3. The fraction of sp³-hybridized carbons (Fsp3) is 0.562. The molecule has 0 fully saturated rings. The van der Waals surface area contributed by atoms with Gasteiger partial charge in [-0.2, -0.15) is 0 Å². The average Bonchev–Trinajstić information content (AvgIpc) is 3.05. The Bertz CT molecular complexity index is 679. The van der Waals surface area contributed by atoms with E-state index in [0.29, 0.717) is 6.54 Å². The molecule has 0 unspecified atom stereocenters. The molecular weight excluding hydrogens is 326 g/mol. The van der Waals surface area contributed by atoms with Gasteiger partial charge in [0, 0.05) is 22.7 Å². The van der Waals surface area contributed by atoms with Gasteiger partial charge in [-0.25, -0.2) is 9.97 Å². The second-order valence-corrected chi connectivity index (χ2v) is 8.56. The average molecular weight is 352 g/mol. The first kappa shape index (κ1) is 17.9. The van der Waals surface area contributed by atoms with Crippen molar-refractivity contribution in [3.63, 3.8) is 0 Å². The fourth-order valence-electron chi connectivity index (χ4n) is 2.03. The fourth-order valence-corrected chi connectivity index (χ4v) is 3.81. The molecule has 0 aliphatic heterocycles. The summed E-state index contributed by atoms with van der Waals surface area (Å²) in [5, 5.41) is 11.0. The van der Waals surface area contributed by atoms with E-state index in [9.17, 15) is 0 Å². The van der Waals surface area contributed by atoms with E-state index in [0.717, 1.165) is 33.9 Å². The van der Waals surface area contributed by atoms with Crippen molar-refractivity contribution in [2.45, 2.75) is 53.1 Å².